The molecule has 2 aromatic rings. The minimum Gasteiger partial charge on any atom is -0.478 e. The van der Waals surface area contributed by atoms with Gasteiger partial charge in [0, 0.05) is 24.5 Å². The van der Waals surface area contributed by atoms with Crippen LogP contribution >= 0.6 is 0 Å². The van der Waals surface area contributed by atoms with Crippen molar-refractivity contribution in [2.45, 2.75) is 13.8 Å². The Bertz CT molecular complexity index is 686. The molecule has 0 aliphatic rings. The third kappa shape index (κ3) is 3.05. The molecule has 0 unspecified atom stereocenters. The quantitative estimate of drug-likeness (QED) is 0.938. The van der Waals surface area contributed by atoms with E-state index in [-0.39, 0.29) is 11.5 Å². The smallest absolute Gasteiger partial charge is 0.336 e. The molecular weight excluding hydrogens is 266 g/mol. The first kappa shape index (κ1) is 15.0. The minimum atomic E-state index is -1.02. The fourth-order valence-corrected chi connectivity index (χ4v) is 2.53. The van der Waals surface area contributed by atoms with Crippen LogP contribution < -0.4 is 0 Å². The Hall–Kier alpha value is -2.36. The number of carboxylic acids is 1. The van der Waals surface area contributed by atoms with Crippen molar-refractivity contribution >= 4 is 22.6 Å². The summed E-state index contributed by atoms with van der Waals surface area (Å²) in [5.74, 6) is -0.816. The zero-order valence-electron chi connectivity index (χ0n) is 12.5. The van der Waals surface area contributed by atoms with Crippen LogP contribution in [-0.2, 0) is 0 Å². The maximum atomic E-state index is 12.6. The predicted molar refractivity (Wildman–Crippen MR) is 82.7 cm³/mol. The average Bonchev–Trinajstić information content (AvgIpc) is 2.44. The molecule has 4 nitrogen and oxygen atoms in total. The van der Waals surface area contributed by atoms with Crippen LogP contribution in [0.5, 0.6) is 0 Å². The molecule has 2 aromatic carbocycles. The summed E-state index contributed by atoms with van der Waals surface area (Å²) in [6, 6.07) is 10.3. The van der Waals surface area contributed by atoms with E-state index in [9.17, 15) is 14.7 Å². The van der Waals surface area contributed by atoms with E-state index in [4.69, 9.17) is 0 Å². The molecule has 2 rings (SSSR count). The van der Waals surface area contributed by atoms with E-state index in [0.717, 1.165) is 5.39 Å². The van der Waals surface area contributed by atoms with Crippen LogP contribution in [0.3, 0.4) is 0 Å². The first-order valence-corrected chi connectivity index (χ1v) is 6.92. The number of carbonyl (C=O) groups excluding carboxylic acids is 1. The number of amides is 1. The van der Waals surface area contributed by atoms with Crippen molar-refractivity contribution in [3.63, 3.8) is 0 Å². The van der Waals surface area contributed by atoms with Crippen LogP contribution in [0.15, 0.2) is 36.4 Å². The van der Waals surface area contributed by atoms with Gasteiger partial charge in [-0.05, 0) is 23.4 Å². The van der Waals surface area contributed by atoms with Crippen LogP contribution in [0, 0.1) is 5.92 Å². The third-order valence-corrected chi connectivity index (χ3v) is 3.35. The first-order valence-electron chi connectivity index (χ1n) is 6.92. The van der Waals surface area contributed by atoms with Crippen LogP contribution in [0.4, 0.5) is 0 Å². The van der Waals surface area contributed by atoms with Gasteiger partial charge in [-0.25, -0.2) is 4.79 Å². The van der Waals surface area contributed by atoms with Gasteiger partial charge in [-0.15, -0.1) is 0 Å². The van der Waals surface area contributed by atoms with Gasteiger partial charge < -0.3 is 10.0 Å². The van der Waals surface area contributed by atoms with Gasteiger partial charge in [0.1, 0.15) is 0 Å². The highest BCUT2D eigenvalue weighted by atomic mass is 16.4. The molecule has 1 amide bonds. The van der Waals surface area contributed by atoms with Gasteiger partial charge in [0.05, 0.1) is 5.56 Å². The zero-order valence-corrected chi connectivity index (χ0v) is 12.5. The summed E-state index contributed by atoms with van der Waals surface area (Å²) in [5, 5.41) is 10.6. The molecule has 0 spiro atoms. The lowest BCUT2D eigenvalue weighted by Gasteiger charge is -2.20. The minimum absolute atomic E-state index is 0.150. The van der Waals surface area contributed by atoms with Gasteiger partial charge in [0.25, 0.3) is 5.91 Å². The molecule has 4 heteroatoms. The second kappa shape index (κ2) is 5.95. The number of fused-ring (bicyclic) bond motifs is 1. The highest BCUT2D eigenvalue weighted by Crippen LogP contribution is 2.24. The molecule has 0 radical (unpaired) electrons. The molecule has 0 bridgehead atoms. The topological polar surface area (TPSA) is 57.6 Å². The maximum absolute atomic E-state index is 12.6. The second-order valence-corrected chi connectivity index (χ2v) is 5.59. The van der Waals surface area contributed by atoms with E-state index in [1.54, 1.807) is 30.1 Å². The van der Waals surface area contributed by atoms with Crippen LogP contribution in [-0.4, -0.2) is 35.5 Å². The Kier molecular flexibility index (Phi) is 4.26. The molecule has 0 atom stereocenters. The second-order valence-electron chi connectivity index (χ2n) is 5.59. The molecule has 21 heavy (non-hydrogen) atoms. The van der Waals surface area contributed by atoms with E-state index < -0.39 is 5.97 Å². The molecular formula is C17H19NO3. The van der Waals surface area contributed by atoms with E-state index >= 15 is 0 Å². The molecule has 0 aliphatic heterocycles. The van der Waals surface area contributed by atoms with Crippen molar-refractivity contribution in [1.29, 1.82) is 0 Å². The van der Waals surface area contributed by atoms with Gasteiger partial charge in [0.15, 0.2) is 0 Å². The van der Waals surface area contributed by atoms with Crippen LogP contribution in [0.25, 0.3) is 10.8 Å². The number of carboxylic acid groups (broad SMARTS) is 1. The summed E-state index contributed by atoms with van der Waals surface area (Å²) in [6.45, 7) is 4.70. The average molecular weight is 285 g/mol. The number of aromatic carboxylic acids is 1. The van der Waals surface area contributed by atoms with Crippen molar-refractivity contribution in [2.24, 2.45) is 5.92 Å². The molecule has 0 saturated heterocycles. The van der Waals surface area contributed by atoms with Gasteiger partial charge in [-0.3, -0.25) is 4.79 Å². The summed E-state index contributed by atoms with van der Waals surface area (Å²) in [6.07, 6.45) is 0. The van der Waals surface area contributed by atoms with Gasteiger partial charge in [0.2, 0.25) is 0 Å². The van der Waals surface area contributed by atoms with Gasteiger partial charge >= 0.3 is 5.97 Å². The maximum Gasteiger partial charge on any atom is 0.336 e. The Balaban J connectivity index is 2.58. The van der Waals surface area contributed by atoms with Crippen molar-refractivity contribution < 1.29 is 14.7 Å². The SMILES string of the molecule is CC(C)CN(C)C(=O)c1cccc2cccc(C(=O)O)c12. The van der Waals surface area contributed by atoms with E-state index in [0.29, 0.717) is 23.4 Å². The summed E-state index contributed by atoms with van der Waals surface area (Å²) >= 11 is 0. The molecule has 0 fully saturated rings. The van der Waals surface area contributed by atoms with E-state index in [1.807, 2.05) is 26.0 Å². The number of nitrogens with zero attached hydrogens (tertiary/aromatic N) is 1. The van der Waals surface area contributed by atoms with Crippen molar-refractivity contribution in [3.05, 3.63) is 47.5 Å². The zero-order chi connectivity index (χ0) is 15.6. The van der Waals surface area contributed by atoms with Crippen LogP contribution in [0.2, 0.25) is 0 Å². The van der Waals surface area contributed by atoms with Crippen molar-refractivity contribution in [2.75, 3.05) is 13.6 Å². The van der Waals surface area contributed by atoms with Gasteiger partial charge in [-0.2, -0.15) is 0 Å². The summed E-state index contributed by atoms with van der Waals surface area (Å²) < 4.78 is 0. The van der Waals surface area contributed by atoms with E-state index in [2.05, 4.69) is 0 Å². The highest BCUT2D eigenvalue weighted by Gasteiger charge is 2.19. The standard InChI is InChI=1S/C17H19NO3/c1-11(2)10-18(3)16(19)13-8-4-6-12-7-5-9-14(15(12)13)17(20)21/h4-9,11H,10H2,1-3H3,(H,20,21). The number of carbonyl (C=O) groups is 2. The van der Waals surface area contributed by atoms with Gasteiger partial charge in [-0.1, -0.05) is 38.1 Å². The number of hydrogen-bond donors (Lipinski definition) is 1. The summed E-state index contributed by atoms with van der Waals surface area (Å²) in [5.41, 5.74) is 0.600. The highest BCUT2D eigenvalue weighted by molar-refractivity contribution is 6.14. The lowest BCUT2D eigenvalue weighted by molar-refractivity contribution is 0.0699. The Morgan fingerprint density at radius 2 is 1.67 bits per heavy atom. The monoisotopic (exact) mass is 285 g/mol. The molecule has 0 aliphatic carbocycles. The number of hydrogen-bond acceptors (Lipinski definition) is 2. The Morgan fingerprint density at radius 3 is 2.19 bits per heavy atom. The lowest BCUT2D eigenvalue weighted by atomic mass is 9.98. The van der Waals surface area contributed by atoms with Crippen molar-refractivity contribution in [3.8, 4) is 0 Å². The fourth-order valence-electron chi connectivity index (χ4n) is 2.53. The lowest BCUT2D eigenvalue weighted by Crippen LogP contribution is -2.30. The van der Waals surface area contributed by atoms with Crippen LogP contribution in [0.1, 0.15) is 34.6 Å². The summed E-state index contributed by atoms with van der Waals surface area (Å²) in [4.78, 5) is 25.7. The third-order valence-electron chi connectivity index (χ3n) is 3.35. The normalized spacial score (nSPS) is 10.9. The molecule has 110 valence electrons. The Morgan fingerprint density at radius 1 is 1.10 bits per heavy atom. The summed E-state index contributed by atoms with van der Waals surface area (Å²) in [7, 11) is 1.74. The molecule has 0 heterocycles. The van der Waals surface area contributed by atoms with Crippen molar-refractivity contribution in [1.82, 2.24) is 4.90 Å². The fraction of sp³-hybridized carbons (Fsp3) is 0.294. The molecule has 0 saturated carbocycles. The largest absolute Gasteiger partial charge is 0.478 e. The molecule has 1 N–H and O–H groups in total. The number of rotatable bonds is 4. The predicted octanol–water partition coefficient (Wildman–Crippen LogP) is 3.27. The number of benzene rings is 2. The Labute approximate surface area is 124 Å². The molecule has 0 aromatic heterocycles. The first-order chi connectivity index (χ1) is 9.91. The van der Waals surface area contributed by atoms with E-state index in [1.165, 1.54) is 6.07 Å².